The van der Waals surface area contributed by atoms with E-state index in [0.29, 0.717) is 29.4 Å². The van der Waals surface area contributed by atoms with Crippen molar-refractivity contribution in [3.8, 4) is 11.5 Å². The molecule has 1 atom stereocenters. The molecule has 0 saturated heterocycles. The summed E-state index contributed by atoms with van der Waals surface area (Å²) < 4.78 is 23.5. The van der Waals surface area contributed by atoms with Gasteiger partial charge in [-0.1, -0.05) is 43.3 Å². The molecule has 8 heteroatoms. The molecule has 1 unspecified atom stereocenters. The highest BCUT2D eigenvalue weighted by Gasteiger charge is 2.28. The molecule has 0 amide bonds. The number of hydrogen-bond donors (Lipinski definition) is 0. The number of rotatable bonds is 7. The fraction of sp³-hybridized carbons (Fsp3) is 0.370. The summed E-state index contributed by atoms with van der Waals surface area (Å²) >= 11 is 0. The van der Waals surface area contributed by atoms with E-state index < -0.39 is 23.6 Å². The van der Waals surface area contributed by atoms with Crippen LogP contribution in [0.5, 0.6) is 11.5 Å². The Morgan fingerprint density at radius 1 is 1.09 bits per heavy atom. The van der Waals surface area contributed by atoms with E-state index in [1.54, 1.807) is 18.3 Å². The van der Waals surface area contributed by atoms with Crippen molar-refractivity contribution in [2.24, 2.45) is 0 Å². The number of nitrogens with zero attached hydrogens (tertiary/aromatic N) is 2. The first-order valence-corrected chi connectivity index (χ1v) is 11.6. The summed E-state index contributed by atoms with van der Waals surface area (Å²) in [5, 5.41) is 0. The van der Waals surface area contributed by atoms with Crippen LogP contribution in [0.1, 0.15) is 56.3 Å². The molecule has 0 saturated carbocycles. The molecule has 0 radical (unpaired) electrons. The van der Waals surface area contributed by atoms with Crippen molar-refractivity contribution in [3.63, 3.8) is 0 Å². The summed E-state index contributed by atoms with van der Waals surface area (Å²) in [6, 6.07) is 14.9. The lowest BCUT2D eigenvalue weighted by molar-refractivity contribution is -0.146. The molecule has 8 nitrogen and oxygen atoms in total. The summed E-state index contributed by atoms with van der Waals surface area (Å²) in [7, 11) is 0. The van der Waals surface area contributed by atoms with Crippen LogP contribution < -0.4 is 9.47 Å². The second-order valence-electron chi connectivity index (χ2n) is 9.32. The van der Waals surface area contributed by atoms with Gasteiger partial charge < -0.3 is 18.9 Å². The summed E-state index contributed by atoms with van der Waals surface area (Å²) in [6.07, 6.45) is 1.92. The Hall–Kier alpha value is -3.81. The van der Waals surface area contributed by atoms with E-state index >= 15 is 0 Å². The van der Waals surface area contributed by atoms with Gasteiger partial charge in [-0.3, -0.25) is 4.79 Å². The van der Waals surface area contributed by atoms with Crippen LogP contribution in [0.15, 0.2) is 54.7 Å². The maximum absolute atomic E-state index is 13.3. The van der Waals surface area contributed by atoms with Crippen molar-refractivity contribution in [2.45, 2.75) is 58.7 Å². The van der Waals surface area contributed by atoms with Gasteiger partial charge in [-0.25, -0.2) is 14.3 Å². The summed E-state index contributed by atoms with van der Waals surface area (Å²) in [6.45, 7) is 7.65. The quantitative estimate of drug-likeness (QED) is 0.440. The molecule has 4 rings (SSSR count). The number of esters is 1. The summed E-state index contributed by atoms with van der Waals surface area (Å²) in [5.74, 6) is 0.735. The summed E-state index contributed by atoms with van der Waals surface area (Å²) in [5.41, 5.74) is 1.57. The van der Waals surface area contributed by atoms with Gasteiger partial charge in [0.05, 0.1) is 11.6 Å². The van der Waals surface area contributed by atoms with E-state index in [0.717, 1.165) is 11.1 Å². The highest BCUT2D eigenvalue weighted by molar-refractivity contribution is 5.79. The molecule has 1 aromatic heterocycles. The molecule has 0 bridgehead atoms. The first-order valence-electron chi connectivity index (χ1n) is 11.6. The van der Waals surface area contributed by atoms with Crippen molar-refractivity contribution in [3.05, 3.63) is 77.4 Å². The Bertz CT molecular complexity index is 1200. The Morgan fingerprint density at radius 2 is 1.83 bits per heavy atom. The van der Waals surface area contributed by atoms with Gasteiger partial charge in [0.25, 0.3) is 0 Å². The van der Waals surface area contributed by atoms with Crippen molar-refractivity contribution in [2.75, 3.05) is 6.79 Å². The van der Waals surface area contributed by atoms with Gasteiger partial charge >= 0.3 is 12.1 Å². The average molecular weight is 479 g/mol. The number of fused-ring (bicyclic) bond motifs is 1. The second kappa shape index (κ2) is 10.2. The van der Waals surface area contributed by atoms with Crippen molar-refractivity contribution < 1.29 is 28.5 Å². The van der Waals surface area contributed by atoms with Crippen LogP contribution in [0.3, 0.4) is 0 Å². The highest BCUT2D eigenvalue weighted by Crippen LogP contribution is 2.36. The van der Waals surface area contributed by atoms with Crippen LogP contribution in [0, 0.1) is 0 Å². The summed E-state index contributed by atoms with van der Waals surface area (Å²) in [4.78, 5) is 30.6. The number of aryl methyl sites for hydroxylation is 1. The smallest absolute Gasteiger partial charge is 0.419 e. The van der Waals surface area contributed by atoms with Crippen LogP contribution in [0.2, 0.25) is 0 Å². The molecular formula is C27H30N2O6. The average Bonchev–Trinajstić information content (AvgIpc) is 3.47. The molecule has 2 aromatic carbocycles. The van der Waals surface area contributed by atoms with Crippen molar-refractivity contribution in [1.29, 1.82) is 0 Å². The minimum atomic E-state index is -0.653. The lowest BCUT2D eigenvalue weighted by atomic mass is 9.94. The third kappa shape index (κ3) is 6.01. The van der Waals surface area contributed by atoms with E-state index in [1.807, 2.05) is 64.1 Å². The molecule has 0 spiro atoms. The zero-order valence-electron chi connectivity index (χ0n) is 20.4. The van der Waals surface area contributed by atoms with Gasteiger partial charge in [-0.2, -0.15) is 0 Å². The van der Waals surface area contributed by atoms with Gasteiger partial charge in [0.1, 0.15) is 18.0 Å². The minimum absolute atomic E-state index is 0.141. The number of hydrogen-bond acceptors (Lipinski definition) is 7. The number of carbonyl (C=O) groups is 2. The van der Waals surface area contributed by atoms with Crippen LogP contribution in [-0.4, -0.2) is 34.0 Å². The lowest BCUT2D eigenvalue weighted by Crippen LogP contribution is -2.27. The normalized spacial score (nSPS) is 13.4. The predicted molar refractivity (Wildman–Crippen MR) is 128 cm³/mol. The highest BCUT2D eigenvalue weighted by atomic mass is 16.7. The van der Waals surface area contributed by atoms with Crippen molar-refractivity contribution in [1.82, 2.24) is 9.55 Å². The van der Waals surface area contributed by atoms with Gasteiger partial charge in [0, 0.05) is 19.0 Å². The Labute approximate surface area is 204 Å². The van der Waals surface area contributed by atoms with E-state index in [4.69, 9.17) is 18.9 Å². The zero-order chi connectivity index (χ0) is 25.0. The fourth-order valence-corrected chi connectivity index (χ4v) is 3.79. The predicted octanol–water partition coefficient (Wildman–Crippen LogP) is 5.03. The molecule has 2 heterocycles. The second-order valence-corrected chi connectivity index (χ2v) is 9.32. The van der Waals surface area contributed by atoms with Gasteiger partial charge in [0.2, 0.25) is 6.79 Å². The first kappa shape index (κ1) is 24.3. The van der Waals surface area contributed by atoms with E-state index in [9.17, 15) is 9.59 Å². The van der Waals surface area contributed by atoms with Crippen LogP contribution >= 0.6 is 0 Å². The molecule has 1 aliphatic rings. The van der Waals surface area contributed by atoms with Gasteiger partial charge in [-0.05, 0) is 44.0 Å². The number of imidazole rings is 1. The number of carbonyl (C=O) groups excluding carboxylic acids is 2. The zero-order valence-corrected chi connectivity index (χ0v) is 20.4. The molecule has 184 valence electrons. The van der Waals surface area contributed by atoms with E-state index in [2.05, 4.69) is 4.98 Å². The molecule has 1 aliphatic heterocycles. The Morgan fingerprint density at radius 3 is 2.54 bits per heavy atom. The fourth-order valence-electron chi connectivity index (χ4n) is 3.79. The molecule has 0 aliphatic carbocycles. The molecule has 0 fully saturated rings. The van der Waals surface area contributed by atoms with Gasteiger partial charge in [0.15, 0.2) is 11.5 Å². The van der Waals surface area contributed by atoms with E-state index in [1.165, 1.54) is 4.57 Å². The maximum Gasteiger partial charge on any atom is 0.419 e. The number of benzene rings is 2. The maximum atomic E-state index is 13.3. The topological polar surface area (TPSA) is 88.9 Å². The number of aromatic nitrogens is 2. The minimum Gasteiger partial charge on any atom is -0.460 e. The third-order valence-corrected chi connectivity index (χ3v) is 5.46. The largest absolute Gasteiger partial charge is 0.460 e. The van der Waals surface area contributed by atoms with Crippen LogP contribution in [0.4, 0.5) is 4.79 Å². The van der Waals surface area contributed by atoms with E-state index in [-0.39, 0.29) is 19.8 Å². The number of ether oxygens (including phenoxy) is 4. The lowest BCUT2D eigenvalue weighted by Gasteiger charge is -2.19. The standard InChI is InChI=1S/C27H30N2O6/c1-5-24-28-20(15-29(24)26(31)35-27(2,3)4)14-21(19-11-12-22-23(13-19)34-17-33-22)25(30)32-16-18-9-7-6-8-10-18/h6-13,15,21H,5,14,16-17H2,1-4H3. The molecule has 0 N–H and O–H groups in total. The third-order valence-electron chi connectivity index (χ3n) is 5.46. The van der Waals surface area contributed by atoms with Gasteiger partial charge in [-0.15, -0.1) is 0 Å². The van der Waals surface area contributed by atoms with Crippen LogP contribution in [-0.2, 0) is 33.7 Å². The molecule has 3 aromatic rings. The van der Waals surface area contributed by atoms with Crippen molar-refractivity contribution >= 4 is 12.1 Å². The molecular weight excluding hydrogens is 448 g/mol. The Balaban J connectivity index is 1.60. The molecule has 35 heavy (non-hydrogen) atoms. The SMILES string of the molecule is CCc1nc(CC(C(=O)OCc2ccccc2)c2ccc3c(c2)OCO3)cn1C(=O)OC(C)(C)C. The Kier molecular flexibility index (Phi) is 7.10. The van der Waals surface area contributed by atoms with Crippen LogP contribution in [0.25, 0.3) is 0 Å². The first-order chi connectivity index (χ1) is 16.7. The monoisotopic (exact) mass is 478 g/mol.